The Morgan fingerprint density at radius 2 is 2.12 bits per heavy atom. The largest absolute Gasteiger partial charge is 0.416 e. The van der Waals surface area contributed by atoms with Crippen LogP contribution in [0.3, 0.4) is 0 Å². The van der Waals surface area contributed by atoms with Crippen molar-refractivity contribution < 1.29 is 9.15 Å². The van der Waals surface area contributed by atoms with Crippen LogP contribution in [0.4, 0.5) is 0 Å². The molecule has 1 saturated carbocycles. The van der Waals surface area contributed by atoms with Crippen molar-refractivity contribution in [2.24, 2.45) is 0 Å². The highest BCUT2D eigenvalue weighted by Gasteiger charge is 2.21. The van der Waals surface area contributed by atoms with Gasteiger partial charge in [0.15, 0.2) is 0 Å². The molecule has 0 unspecified atom stereocenters. The summed E-state index contributed by atoms with van der Waals surface area (Å²) in [6.07, 6.45) is 6.30. The Balaban J connectivity index is 1.85. The van der Waals surface area contributed by atoms with Gasteiger partial charge in [0.1, 0.15) is 5.94 Å². The number of nitrogens with zero attached hydrogens (tertiary/aromatic N) is 2. The molecule has 1 aromatic heterocycles. The Kier molecular flexibility index (Phi) is 4.66. The van der Waals surface area contributed by atoms with Crippen molar-refractivity contribution in [3.63, 3.8) is 0 Å². The van der Waals surface area contributed by atoms with Gasteiger partial charge in [-0.1, -0.05) is 19.3 Å². The summed E-state index contributed by atoms with van der Waals surface area (Å²) in [6.45, 7) is 2.69. The normalized spacial score (nSPS) is 17.8. The van der Waals surface area contributed by atoms with Crippen molar-refractivity contribution in [2.45, 2.75) is 50.2 Å². The molecule has 1 heterocycles. The van der Waals surface area contributed by atoms with E-state index in [2.05, 4.69) is 10.2 Å². The Morgan fingerprint density at radius 3 is 2.88 bits per heavy atom. The zero-order valence-electron chi connectivity index (χ0n) is 9.65. The molecule has 90 valence electrons. The Hall–Kier alpha value is -0.550. The summed E-state index contributed by atoms with van der Waals surface area (Å²) in [6, 6.07) is 0. The van der Waals surface area contributed by atoms with E-state index < -0.39 is 0 Å². The fourth-order valence-electron chi connectivity index (χ4n) is 1.97. The first-order chi connectivity index (χ1) is 7.90. The molecular weight excluding hydrogens is 224 g/mol. The minimum absolute atomic E-state index is 0.489. The fraction of sp³-hybridized carbons (Fsp3) is 0.818. The lowest BCUT2D eigenvalue weighted by molar-refractivity contribution is 0.198. The number of hydrogen-bond donors (Lipinski definition) is 0. The predicted octanol–water partition coefficient (Wildman–Crippen LogP) is 3.20. The third-order valence-electron chi connectivity index (χ3n) is 2.85. The SMILES string of the molecule is CCOCSc1nnc(C2CCCCC2)o1. The van der Waals surface area contributed by atoms with Crippen molar-refractivity contribution in [3.8, 4) is 0 Å². The summed E-state index contributed by atoms with van der Waals surface area (Å²) in [7, 11) is 0. The summed E-state index contributed by atoms with van der Waals surface area (Å²) in [5.74, 6) is 1.89. The van der Waals surface area contributed by atoms with Gasteiger partial charge >= 0.3 is 0 Å². The second-order valence-corrected chi connectivity index (χ2v) is 4.87. The van der Waals surface area contributed by atoms with Crippen LogP contribution in [0.5, 0.6) is 0 Å². The van der Waals surface area contributed by atoms with Crippen molar-refractivity contribution in [1.82, 2.24) is 10.2 Å². The lowest BCUT2D eigenvalue weighted by Gasteiger charge is -2.17. The maximum Gasteiger partial charge on any atom is 0.278 e. The first kappa shape index (κ1) is 11.9. The van der Waals surface area contributed by atoms with Crippen LogP contribution in [-0.2, 0) is 4.74 Å². The van der Waals surface area contributed by atoms with E-state index in [0.717, 1.165) is 12.5 Å². The standard InChI is InChI=1S/C11H18N2O2S/c1-2-14-8-16-11-13-12-10(15-11)9-6-4-3-5-7-9/h9H,2-8H2,1H3. The Labute approximate surface area is 100 Å². The average Bonchev–Trinajstić information content (AvgIpc) is 2.79. The first-order valence-electron chi connectivity index (χ1n) is 5.94. The highest BCUT2D eigenvalue weighted by Crippen LogP contribution is 2.32. The lowest BCUT2D eigenvalue weighted by Crippen LogP contribution is -2.04. The van der Waals surface area contributed by atoms with E-state index in [0.29, 0.717) is 17.1 Å². The first-order valence-corrected chi connectivity index (χ1v) is 6.92. The topological polar surface area (TPSA) is 48.2 Å². The highest BCUT2D eigenvalue weighted by atomic mass is 32.2. The fourth-order valence-corrected chi connectivity index (χ4v) is 2.56. The molecule has 1 aromatic rings. The maximum atomic E-state index is 5.63. The van der Waals surface area contributed by atoms with Crippen molar-refractivity contribution in [3.05, 3.63) is 5.89 Å². The van der Waals surface area contributed by atoms with E-state index in [9.17, 15) is 0 Å². The quantitative estimate of drug-likeness (QED) is 0.451. The van der Waals surface area contributed by atoms with Gasteiger partial charge in [0, 0.05) is 12.5 Å². The van der Waals surface area contributed by atoms with Gasteiger partial charge in [-0.2, -0.15) is 0 Å². The zero-order valence-corrected chi connectivity index (χ0v) is 10.5. The Morgan fingerprint density at radius 1 is 1.31 bits per heavy atom. The summed E-state index contributed by atoms with van der Waals surface area (Å²) >= 11 is 1.47. The second kappa shape index (κ2) is 6.25. The van der Waals surface area contributed by atoms with E-state index in [-0.39, 0.29) is 0 Å². The van der Waals surface area contributed by atoms with Gasteiger partial charge in [-0.25, -0.2) is 0 Å². The van der Waals surface area contributed by atoms with Gasteiger partial charge in [-0.15, -0.1) is 10.2 Å². The van der Waals surface area contributed by atoms with Crippen molar-refractivity contribution >= 4 is 11.8 Å². The van der Waals surface area contributed by atoms with Crippen LogP contribution < -0.4 is 0 Å². The van der Waals surface area contributed by atoms with Crippen LogP contribution in [-0.4, -0.2) is 22.7 Å². The number of rotatable bonds is 5. The van der Waals surface area contributed by atoms with Crippen molar-refractivity contribution in [2.75, 3.05) is 12.5 Å². The summed E-state index contributed by atoms with van der Waals surface area (Å²) in [5, 5.41) is 8.79. The van der Waals surface area contributed by atoms with Crippen LogP contribution in [0.15, 0.2) is 9.64 Å². The molecule has 0 amide bonds. The third-order valence-corrected chi connectivity index (χ3v) is 3.54. The average molecular weight is 242 g/mol. The van der Waals surface area contributed by atoms with E-state index in [4.69, 9.17) is 9.15 Å². The molecular formula is C11H18N2O2S. The highest BCUT2D eigenvalue weighted by molar-refractivity contribution is 7.98. The van der Waals surface area contributed by atoms with Gasteiger partial charge in [-0.05, 0) is 31.5 Å². The zero-order chi connectivity index (χ0) is 11.2. The van der Waals surface area contributed by atoms with E-state index in [1.54, 1.807) is 0 Å². The van der Waals surface area contributed by atoms with Crippen LogP contribution in [0.1, 0.15) is 50.8 Å². The molecule has 4 nitrogen and oxygen atoms in total. The molecule has 0 spiro atoms. The van der Waals surface area contributed by atoms with Gasteiger partial charge < -0.3 is 9.15 Å². The summed E-state index contributed by atoms with van der Waals surface area (Å²) in [5.41, 5.74) is 0. The molecule has 0 atom stereocenters. The molecule has 0 radical (unpaired) electrons. The number of ether oxygens (including phenoxy) is 1. The molecule has 0 aliphatic heterocycles. The molecule has 0 saturated heterocycles. The second-order valence-electron chi connectivity index (χ2n) is 4.00. The maximum absolute atomic E-state index is 5.63. The Bertz CT molecular complexity index is 311. The minimum atomic E-state index is 0.489. The number of hydrogen-bond acceptors (Lipinski definition) is 5. The molecule has 1 aliphatic rings. The molecule has 1 aliphatic carbocycles. The van der Waals surface area contributed by atoms with Crippen LogP contribution in [0.2, 0.25) is 0 Å². The third kappa shape index (κ3) is 3.22. The number of thioether (sulfide) groups is 1. The van der Waals surface area contributed by atoms with E-state index in [1.165, 1.54) is 43.9 Å². The van der Waals surface area contributed by atoms with Crippen molar-refractivity contribution in [1.29, 1.82) is 0 Å². The van der Waals surface area contributed by atoms with Gasteiger partial charge in [0.05, 0.1) is 0 Å². The molecule has 5 heteroatoms. The molecule has 0 aromatic carbocycles. The summed E-state index contributed by atoms with van der Waals surface area (Å²) < 4.78 is 10.9. The van der Waals surface area contributed by atoms with E-state index >= 15 is 0 Å². The monoisotopic (exact) mass is 242 g/mol. The smallest absolute Gasteiger partial charge is 0.278 e. The number of aromatic nitrogens is 2. The van der Waals surface area contributed by atoms with Crippen LogP contribution in [0, 0.1) is 0 Å². The summed E-state index contributed by atoms with van der Waals surface area (Å²) in [4.78, 5) is 0. The molecule has 0 N–H and O–H groups in total. The molecule has 16 heavy (non-hydrogen) atoms. The molecule has 1 fully saturated rings. The van der Waals surface area contributed by atoms with Gasteiger partial charge in [0.2, 0.25) is 5.89 Å². The van der Waals surface area contributed by atoms with Gasteiger partial charge in [-0.3, -0.25) is 0 Å². The molecule has 0 bridgehead atoms. The van der Waals surface area contributed by atoms with Crippen LogP contribution in [0.25, 0.3) is 0 Å². The van der Waals surface area contributed by atoms with Gasteiger partial charge in [0.25, 0.3) is 5.22 Å². The minimum Gasteiger partial charge on any atom is -0.416 e. The lowest BCUT2D eigenvalue weighted by atomic mass is 9.89. The predicted molar refractivity (Wildman–Crippen MR) is 62.5 cm³/mol. The van der Waals surface area contributed by atoms with E-state index in [1.807, 2.05) is 6.92 Å². The molecule has 2 rings (SSSR count). The van der Waals surface area contributed by atoms with Crippen LogP contribution >= 0.6 is 11.8 Å².